The summed E-state index contributed by atoms with van der Waals surface area (Å²) in [5.74, 6) is -3.03. The Morgan fingerprint density at radius 1 is 1.33 bits per heavy atom. The van der Waals surface area contributed by atoms with Crippen LogP contribution in [0.2, 0.25) is 0 Å². The van der Waals surface area contributed by atoms with Crippen LogP contribution in [0.15, 0.2) is 16.7 Å². The van der Waals surface area contributed by atoms with Crippen molar-refractivity contribution in [3.05, 3.63) is 32.5 Å². The Morgan fingerprint density at radius 2 is 1.86 bits per heavy atom. The molecule has 0 saturated carbocycles. The van der Waals surface area contributed by atoms with E-state index in [2.05, 4.69) is 20.9 Å². The number of hydrogen-bond acceptors (Lipinski definition) is 7. The Bertz CT molecular complexity index is 545. The van der Waals surface area contributed by atoms with Crippen molar-refractivity contribution in [1.82, 2.24) is 4.98 Å². The van der Waals surface area contributed by atoms with Crippen molar-refractivity contribution < 1.29 is 24.0 Å². The fourth-order valence-corrected chi connectivity index (χ4v) is 2.09. The molecule has 0 fully saturated rings. The van der Waals surface area contributed by atoms with Crippen LogP contribution in [-0.4, -0.2) is 35.1 Å². The molecule has 1 heterocycles. The summed E-state index contributed by atoms with van der Waals surface area (Å²) in [5, 5.41) is 10.7. The minimum absolute atomic E-state index is 0.0116. The van der Waals surface area contributed by atoms with Crippen molar-refractivity contribution in [1.29, 1.82) is 0 Å². The van der Waals surface area contributed by atoms with Crippen LogP contribution in [0.4, 0.5) is 5.69 Å². The first-order valence-corrected chi connectivity index (χ1v) is 6.84. The highest BCUT2D eigenvalue weighted by molar-refractivity contribution is 9.10. The number of ether oxygens (including phenoxy) is 2. The lowest BCUT2D eigenvalue weighted by atomic mass is 10.1. The molecule has 1 aromatic heterocycles. The number of nitrogens with zero attached hydrogens (tertiary/aromatic N) is 2. The van der Waals surface area contributed by atoms with Crippen molar-refractivity contribution in [2.24, 2.45) is 0 Å². The molecule has 0 bridgehead atoms. The van der Waals surface area contributed by atoms with E-state index in [9.17, 15) is 19.7 Å². The zero-order valence-corrected chi connectivity index (χ0v) is 13.0. The average molecular weight is 361 g/mol. The number of halogens is 1. The van der Waals surface area contributed by atoms with Gasteiger partial charge < -0.3 is 9.47 Å². The van der Waals surface area contributed by atoms with E-state index in [0.717, 1.165) is 12.3 Å². The monoisotopic (exact) mass is 360 g/mol. The minimum Gasteiger partial charge on any atom is -0.465 e. The standard InChI is InChI=1S/C12H13BrN2O6/c1-3-20-11(16)9(12(17)21-4-2)10-8(13)5-7(6-14-10)15(18)19/h5-6,9H,3-4H2,1-2H3. The van der Waals surface area contributed by atoms with Gasteiger partial charge in [-0.05, 0) is 29.8 Å². The van der Waals surface area contributed by atoms with E-state index >= 15 is 0 Å². The number of nitro groups is 1. The van der Waals surface area contributed by atoms with Gasteiger partial charge in [0.1, 0.15) is 6.20 Å². The van der Waals surface area contributed by atoms with Gasteiger partial charge in [0.15, 0.2) is 5.92 Å². The molecule has 9 heteroatoms. The smallest absolute Gasteiger partial charge is 0.326 e. The third-order valence-electron chi connectivity index (χ3n) is 2.38. The number of esters is 2. The van der Waals surface area contributed by atoms with Crippen LogP contribution < -0.4 is 0 Å². The molecule has 8 nitrogen and oxygen atoms in total. The highest BCUT2D eigenvalue weighted by Crippen LogP contribution is 2.28. The number of pyridine rings is 1. The molecule has 0 aliphatic rings. The Hall–Kier alpha value is -2.03. The maximum atomic E-state index is 11.9. The van der Waals surface area contributed by atoms with Gasteiger partial charge in [0.25, 0.3) is 5.69 Å². The third-order valence-corrected chi connectivity index (χ3v) is 3.02. The molecular weight excluding hydrogens is 348 g/mol. The molecule has 114 valence electrons. The quantitative estimate of drug-likeness (QED) is 0.330. The van der Waals surface area contributed by atoms with E-state index in [1.807, 2.05) is 0 Å². The van der Waals surface area contributed by atoms with Gasteiger partial charge in [-0.25, -0.2) is 0 Å². The summed E-state index contributed by atoms with van der Waals surface area (Å²) in [4.78, 5) is 37.7. The Morgan fingerprint density at radius 3 is 2.24 bits per heavy atom. The maximum absolute atomic E-state index is 11.9. The number of rotatable bonds is 6. The first-order chi connectivity index (χ1) is 9.92. The van der Waals surface area contributed by atoms with Crippen molar-refractivity contribution >= 4 is 33.6 Å². The first-order valence-electron chi connectivity index (χ1n) is 6.05. The van der Waals surface area contributed by atoms with Crippen molar-refractivity contribution in [3.8, 4) is 0 Å². The molecule has 0 atom stereocenters. The van der Waals surface area contributed by atoms with E-state index in [4.69, 9.17) is 9.47 Å². The van der Waals surface area contributed by atoms with Gasteiger partial charge in [-0.15, -0.1) is 0 Å². The van der Waals surface area contributed by atoms with Crippen LogP contribution in [0, 0.1) is 10.1 Å². The number of aromatic nitrogens is 1. The Kier molecular flexibility index (Phi) is 6.22. The third kappa shape index (κ3) is 4.22. The largest absolute Gasteiger partial charge is 0.465 e. The number of carbonyl (C=O) groups is 2. The molecule has 0 radical (unpaired) electrons. The summed E-state index contributed by atoms with van der Waals surface area (Å²) in [6.07, 6.45) is 0.964. The van der Waals surface area contributed by atoms with E-state index in [1.54, 1.807) is 13.8 Å². The summed E-state index contributed by atoms with van der Waals surface area (Å²) in [5.41, 5.74) is -0.255. The van der Waals surface area contributed by atoms with Crippen LogP contribution in [0.5, 0.6) is 0 Å². The average Bonchev–Trinajstić information content (AvgIpc) is 2.41. The highest BCUT2D eigenvalue weighted by Gasteiger charge is 2.35. The fourth-order valence-electron chi connectivity index (χ4n) is 1.52. The first kappa shape index (κ1) is 17.0. The second-order valence-corrected chi connectivity index (χ2v) is 4.61. The van der Waals surface area contributed by atoms with Crippen molar-refractivity contribution in [3.63, 3.8) is 0 Å². The summed E-state index contributed by atoms with van der Waals surface area (Å²) in [6, 6.07) is 1.16. The van der Waals surface area contributed by atoms with Gasteiger partial charge >= 0.3 is 11.9 Å². The van der Waals surface area contributed by atoms with Gasteiger partial charge in [-0.2, -0.15) is 0 Å². The predicted octanol–water partition coefficient (Wildman–Crippen LogP) is 1.96. The molecule has 1 aromatic rings. The lowest BCUT2D eigenvalue weighted by Crippen LogP contribution is -2.27. The van der Waals surface area contributed by atoms with E-state index in [1.165, 1.54) is 0 Å². The molecule has 21 heavy (non-hydrogen) atoms. The van der Waals surface area contributed by atoms with Gasteiger partial charge in [0.2, 0.25) is 0 Å². The van der Waals surface area contributed by atoms with E-state index in [-0.39, 0.29) is 29.1 Å². The topological polar surface area (TPSA) is 109 Å². The summed E-state index contributed by atoms with van der Waals surface area (Å²) in [6.45, 7) is 3.36. The highest BCUT2D eigenvalue weighted by atomic mass is 79.9. The molecule has 0 spiro atoms. The molecule has 0 N–H and O–H groups in total. The molecule has 0 amide bonds. The second kappa shape index (κ2) is 7.67. The maximum Gasteiger partial charge on any atom is 0.326 e. The van der Waals surface area contributed by atoms with Crippen LogP contribution in [0.1, 0.15) is 25.5 Å². The Labute approximate surface area is 128 Å². The second-order valence-electron chi connectivity index (χ2n) is 3.75. The predicted molar refractivity (Wildman–Crippen MR) is 74.6 cm³/mol. The van der Waals surface area contributed by atoms with Gasteiger partial charge in [-0.1, -0.05) is 0 Å². The van der Waals surface area contributed by atoms with Gasteiger partial charge in [-0.3, -0.25) is 24.7 Å². The van der Waals surface area contributed by atoms with Crippen LogP contribution in [-0.2, 0) is 19.1 Å². The summed E-state index contributed by atoms with van der Waals surface area (Å²) in [7, 11) is 0. The van der Waals surface area contributed by atoms with Crippen LogP contribution in [0.25, 0.3) is 0 Å². The Balaban J connectivity index is 3.22. The zero-order valence-electron chi connectivity index (χ0n) is 11.4. The van der Waals surface area contributed by atoms with Gasteiger partial charge in [0.05, 0.1) is 23.8 Å². The van der Waals surface area contributed by atoms with Crippen LogP contribution >= 0.6 is 15.9 Å². The molecule has 0 aromatic carbocycles. The van der Waals surface area contributed by atoms with E-state index < -0.39 is 22.8 Å². The molecule has 0 aliphatic carbocycles. The number of hydrogen-bond donors (Lipinski definition) is 0. The van der Waals surface area contributed by atoms with Crippen molar-refractivity contribution in [2.45, 2.75) is 19.8 Å². The lowest BCUT2D eigenvalue weighted by Gasteiger charge is -2.14. The summed E-state index contributed by atoms with van der Waals surface area (Å²) < 4.78 is 9.80. The molecule has 0 saturated heterocycles. The zero-order chi connectivity index (χ0) is 16.0. The van der Waals surface area contributed by atoms with E-state index in [0.29, 0.717) is 0 Å². The molecular formula is C12H13BrN2O6. The summed E-state index contributed by atoms with van der Waals surface area (Å²) >= 11 is 3.07. The normalized spacial score (nSPS) is 10.3. The fraction of sp³-hybridized carbons (Fsp3) is 0.417. The van der Waals surface area contributed by atoms with Gasteiger partial charge in [0, 0.05) is 10.5 Å². The molecule has 0 aliphatic heterocycles. The van der Waals surface area contributed by atoms with Crippen LogP contribution in [0.3, 0.4) is 0 Å². The number of carbonyl (C=O) groups excluding carboxylic acids is 2. The van der Waals surface area contributed by atoms with Crippen molar-refractivity contribution in [2.75, 3.05) is 13.2 Å². The molecule has 0 unspecified atom stereocenters. The lowest BCUT2D eigenvalue weighted by molar-refractivity contribution is -0.385. The SMILES string of the molecule is CCOC(=O)C(C(=O)OCC)c1ncc([N+](=O)[O-])cc1Br. The molecule has 1 rings (SSSR count). The minimum atomic E-state index is -1.39.